The molecular formula is C13H16O4. The fraction of sp³-hybridized carbons (Fsp3) is 0.462. The lowest BCUT2D eigenvalue weighted by molar-refractivity contribution is -0.171. The topological polar surface area (TPSA) is 66.8 Å². The van der Waals surface area contributed by atoms with Crippen molar-refractivity contribution in [1.82, 2.24) is 0 Å². The highest BCUT2D eigenvalue weighted by atomic mass is 16.5. The van der Waals surface area contributed by atoms with Gasteiger partial charge in [-0.3, -0.25) is 0 Å². The van der Waals surface area contributed by atoms with E-state index in [2.05, 4.69) is 0 Å². The number of aliphatic hydroxyl groups is 1. The van der Waals surface area contributed by atoms with Gasteiger partial charge in [0.25, 0.3) is 0 Å². The molecule has 4 nitrogen and oxygen atoms in total. The Morgan fingerprint density at radius 2 is 2.18 bits per heavy atom. The fourth-order valence-corrected chi connectivity index (χ4v) is 2.45. The van der Waals surface area contributed by atoms with Crippen LogP contribution in [0.2, 0.25) is 0 Å². The summed E-state index contributed by atoms with van der Waals surface area (Å²) in [7, 11) is 0. The third kappa shape index (κ3) is 2.06. The van der Waals surface area contributed by atoms with Gasteiger partial charge in [0.1, 0.15) is 0 Å². The van der Waals surface area contributed by atoms with Crippen molar-refractivity contribution in [2.45, 2.75) is 24.9 Å². The van der Waals surface area contributed by atoms with Crippen LogP contribution in [0.3, 0.4) is 0 Å². The first-order valence-electron chi connectivity index (χ1n) is 5.77. The molecule has 1 aliphatic carbocycles. The third-order valence-electron chi connectivity index (χ3n) is 3.21. The Morgan fingerprint density at radius 3 is 2.88 bits per heavy atom. The zero-order valence-corrected chi connectivity index (χ0v) is 9.56. The largest absolute Gasteiger partial charge is 0.479 e. The molecule has 0 aromatic heterocycles. The summed E-state index contributed by atoms with van der Waals surface area (Å²) in [5.41, 5.74) is 0.476. The lowest BCUT2D eigenvalue weighted by Crippen LogP contribution is -2.42. The highest BCUT2D eigenvalue weighted by molar-refractivity contribution is 5.80. The lowest BCUT2D eigenvalue weighted by Gasteiger charge is -2.35. The second kappa shape index (κ2) is 4.85. The molecule has 0 saturated heterocycles. The molecule has 0 heterocycles. The monoisotopic (exact) mass is 236 g/mol. The highest BCUT2D eigenvalue weighted by Gasteiger charge is 2.44. The molecule has 1 atom stereocenters. The molecule has 1 aromatic rings. The molecule has 92 valence electrons. The van der Waals surface area contributed by atoms with E-state index in [4.69, 9.17) is 9.84 Å². The van der Waals surface area contributed by atoms with E-state index in [1.807, 2.05) is 18.2 Å². The van der Waals surface area contributed by atoms with Crippen LogP contribution in [-0.4, -0.2) is 29.4 Å². The van der Waals surface area contributed by atoms with Gasteiger partial charge in [-0.05, 0) is 30.4 Å². The number of hydrogen-bond acceptors (Lipinski definition) is 3. The van der Waals surface area contributed by atoms with E-state index >= 15 is 0 Å². The van der Waals surface area contributed by atoms with Crippen molar-refractivity contribution in [2.24, 2.45) is 0 Å². The maximum atomic E-state index is 11.5. The number of benzene rings is 1. The van der Waals surface area contributed by atoms with Gasteiger partial charge in [-0.2, -0.15) is 0 Å². The molecule has 0 aliphatic heterocycles. The van der Waals surface area contributed by atoms with E-state index in [9.17, 15) is 9.90 Å². The predicted molar refractivity (Wildman–Crippen MR) is 61.7 cm³/mol. The predicted octanol–water partition coefficient (Wildman–Crippen LogP) is 1.31. The van der Waals surface area contributed by atoms with E-state index in [-0.39, 0.29) is 13.2 Å². The molecule has 0 spiro atoms. The Hall–Kier alpha value is -1.39. The minimum absolute atomic E-state index is 0.0423. The molecule has 2 N–H and O–H groups in total. The normalized spacial score (nSPS) is 23.1. The summed E-state index contributed by atoms with van der Waals surface area (Å²) in [5, 5.41) is 18.3. The summed E-state index contributed by atoms with van der Waals surface area (Å²) in [6.07, 6.45) is 2.13. The minimum atomic E-state index is -1.28. The van der Waals surface area contributed by atoms with Crippen molar-refractivity contribution in [3.63, 3.8) is 0 Å². The van der Waals surface area contributed by atoms with Crippen LogP contribution in [0.25, 0.3) is 0 Å². The Morgan fingerprint density at radius 1 is 1.41 bits per heavy atom. The van der Waals surface area contributed by atoms with Crippen molar-refractivity contribution in [3.05, 3.63) is 35.4 Å². The zero-order valence-electron chi connectivity index (χ0n) is 9.56. The van der Waals surface area contributed by atoms with Crippen LogP contribution in [0.1, 0.15) is 24.0 Å². The maximum absolute atomic E-state index is 11.5. The van der Waals surface area contributed by atoms with Gasteiger partial charge in [0, 0.05) is 0 Å². The van der Waals surface area contributed by atoms with Gasteiger partial charge in [0.2, 0.25) is 0 Å². The molecule has 0 saturated carbocycles. The number of rotatable bonds is 4. The van der Waals surface area contributed by atoms with E-state index in [1.165, 1.54) is 0 Å². The summed E-state index contributed by atoms with van der Waals surface area (Å²) in [6.45, 7) is -0.127. The first-order valence-corrected chi connectivity index (χ1v) is 5.77. The second-order valence-electron chi connectivity index (χ2n) is 4.21. The van der Waals surface area contributed by atoms with Gasteiger partial charge in [-0.1, -0.05) is 24.3 Å². The average Bonchev–Trinajstić information content (AvgIpc) is 2.36. The first kappa shape index (κ1) is 12.1. The van der Waals surface area contributed by atoms with Crippen LogP contribution in [-0.2, 0) is 21.6 Å². The van der Waals surface area contributed by atoms with Gasteiger partial charge in [0.15, 0.2) is 5.60 Å². The maximum Gasteiger partial charge on any atom is 0.340 e. The minimum Gasteiger partial charge on any atom is -0.479 e. The van der Waals surface area contributed by atoms with Crippen molar-refractivity contribution in [2.75, 3.05) is 13.2 Å². The molecule has 0 bridgehead atoms. The molecule has 0 radical (unpaired) electrons. The van der Waals surface area contributed by atoms with Crippen LogP contribution in [0.4, 0.5) is 0 Å². The SMILES string of the molecule is O=C(O)C1(OCCO)CCCc2ccccc21. The summed E-state index contributed by atoms with van der Waals surface area (Å²) in [5.74, 6) is -0.974. The van der Waals surface area contributed by atoms with Gasteiger partial charge in [0.05, 0.1) is 13.2 Å². The summed E-state index contributed by atoms with van der Waals surface area (Å²) < 4.78 is 5.46. The molecule has 0 amide bonds. The molecule has 2 rings (SSSR count). The number of aliphatic carboxylic acids is 1. The van der Waals surface area contributed by atoms with E-state index in [0.29, 0.717) is 6.42 Å². The van der Waals surface area contributed by atoms with Crippen molar-refractivity contribution in [1.29, 1.82) is 0 Å². The van der Waals surface area contributed by atoms with E-state index < -0.39 is 11.6 Å². The van der Waals surface area contributed by atoms with Crippen molar-refractivity contribution in [3.8, 4) is 0 Å². The Labute approximate surface area is 99.8 Å². The number of carbonyl (C=O) groups is 1. The summed E-state index contributed by atoms with van der Waals surface area (Å²) >= 11 is 0. The number of carboxylic acid groups (broad SMARTS) is 1. The van der Waals surface area contributed by atoms with Gasteiger partial charge >= 0.3 is 5.97 Å². The van der Waals surface area contributed by atoms with Gasteiger partial charge in [-0.25, -0.2) is 4.79 Å². The summed E-state index contributed by atoms with van der Waals surface area (Å²) in [4.78, 5) is 11.5. The lowest BCUT2D eigenvalue weighted by atomic mass is 9.79. The standard InChI is InChI=1S/C13H16O4/c14-8-9-17-13(12(15)16)7-3-5-10-4-1-2-6-11(10)13/h1-2,4,6,14H,3,5,7-9H2,(H,15,16). The van der Waals surface area contributed by atoms with Crippen molar-refractivity contribution < 1.29 is 19.7 Å². The Balaban J connectivity index is 2.43. The first-order chi connectivity index (χ1) is 8.20. The van der Waals surface area contributed by atoms with E-state index in [1.54, 1.807) is 6.07 Å². The van der Waals surface area contributed by atoms with Crippen LogP contribution in [0, 0.1) is 0 Å². The summed E-state index contributed by atoms with van der Waals surface area (Å²) in [6, 6.07) is 7.47. The molecule has 1 aromatic carbocycles. The smallest absolute Gasteiger partial charge is 0.340 e. The van der Waals surface area contributed by atoms with Crippen LogP contribution >= 0.6 is 0 Å². The van der Waals surface area contributed by atoms with Crippen LogP contribution in [0.5, 0.6) is 0 Å². The Kier molecular flexibility index (Phi) is 3.45. The van der Waals surface area contributed by atoms with Crippen LogP contribution < -0.4 is 0 Å². The quantitative estimate of drug-likeness (QED) is 0.827. The molecular weight excluding hydrogens is 220 g/mol. The number of fused-ring (bicyclic) bond motifs is 1. The zero-order chi connectivity index (χ0) is 12.3. The van der Waals surface area contributed by atoms with Gasteiger partial charge in [-0.15, -0.1) is 0 Å². The molecule has 4 heteroatoms. The Bertz CT molecular complexity index is 416. The van der Waals surface area contributed by atoms with E-state index in [0.717, 1.165) is 24.0 Å². The number of ether oxygens (including phenoxy) is 1. The second-order valence-corrected chi connectivity index (χ2v) is 4.21. The van der Waals surface area contributed by atoms with Crippen LogP contribution in [0.15, 0.2) is 24.3 Å². The van der Waals surface area contributed by atoms with Gasteiger partial charge < -0.3 is 14.9 Å². The average molecular weight is 236 g/mol. The highest BCUT2D eigenvalue weighted by Crippen LogP contribution is 2.38. The molecule has 1 aliphatic rings. The van der Waals surface area contributed by atoms with Crippen molar-refractivity contribution >= 4 is 5.97 Å². The number of hydrogen-bond donors (Lipinski definition) is 2. The molecule has 1 unspecified atom stereocenters. The number of aryl methyl sites for hydroxylation is 1. The fourth-order valence-electron chi connectivity index (χ4n) is 2.45. The number of carboxylic acids is 1. The third-order valence-corrected chi connectivity index (χ3v) is 3.21. The molecule has 0 fully saturated rings. The number of aliphatic hydroxyl groups excluding tert-OH is 1. The molecule has 17 heavy (non-hydrogen) atoms.